The predicted molar refractivity (Wildman–Crippen MR) is 132 cm³/mol. The van der Waals surface area contributed by atoms with Crippen molar-refractivity contribution in [2.24, 2.45) is 10.9 Å². The summed E-state index contributed by atoms with van der Waals surface area (Å²) in [6.07, 6.45) is 2.20. The van der Waals surface area contributed by atoms with Crippen LogP contribution in [0.15, 0.2) is 47.5 Å². The number of carbonyl (C=O) groups is 2. The van der Waals surface area contributed by atoms with E-state index in [-0.39, 0.29) is 24.3 Å². The second kappa shape index (κ2) is 10.1. The normalized spacial score (nSPS) is 20.1. The van der Waals surface area contributed by atoms with Gasteiger partial charge in [0.25, 0.3) is 0 Å². The van der Waals surface area contributed by atoms with Gasteiger partial charge in [0.15, 0.2) is 5.17 Å². The van der Waals surface area contributed by atoms with E-state index in [2.05, 4.69) is 5.32 Å². The van der Waals surface area contributed by atoms with Gasteiger partial charge in [-0.15, -0.1) is 0 Å². The monoisotopic (exact) mass is 487 g/mol. The number of thioether (sulfide) groups is 1. The molecule has 2 unspecified atom stereocenters. The van der Waals surface area contributed by atoms with Gasteiger partial charge in [0.2, 0.25) is 11.8 Å². The van der Waals surface area contributed by atoms with E-state index in [0.717, 1.165) is 12.8 Å². The summed E-state index contributed by atoms with van der Waals surface area (Å²) in [6, 6.07) is 12.5. The minimum absolute atomic E-state index is 0.0119. The smallest absolute Gasteiger partial charge is 0.242 e. The van der Waals surface area contributed by atoms with Crippen LogP contribution >= 0.6 is 23.4 Å². The van der Waals surface area contributed by atoms with Gasteiger partial charge in [-0.05, 0) is 56.0 Å². The van der Waals surface area contributed by atoms with Crippen molar-refractivity contribution in [3.8, 4) is 11.5 Å². The van der Waals surface area contributed by atoms with Gasteiger partial charge >= 0.3 is 0 Å². The third-order valence-electron chi connectivity index (χ3n) is 5.79. The molecule has 4 rings (SSSR count). The molecule has 1 aliphatic heterocycles. The Kier molecular flexibility index (Phi) is 7.14. The van der Waals surface area contributed by atoms with Gasteiger partial charge in [-0.2, -0.15) is 0 Å². The first-order valence-corrected chi connectivity index (χ1v) is 12.0. The number of amides is 2. The highest BCUT2D eigenvalue weighted by Gasteiger charge is 2.45. The van der Waals surface area contributed by atoms with Crippen molar-refractivity contribution < 1.29 is 19.1 Å². The largest absolute Gasteiger partial charge is 0.495 e. The quantitative estimate of drug-likeness (QED) is 0.559. The maximum Gasteiger partial charge on any atom is 0.242 e. The lowest BCUT2D eigenvalue weighted by Crippen LogP contribution is -2.41. The Balaban J connectivity index is 1.55. The van der Waals surface area contributed by atoms with Crippen molar-refractivity contribution in [2.75, 3.05) is 19.5 Å². The van der Waals surface area contributed by atoms with Crippen LogP contribution in [0.2, 0.25) is 5.02 Å². The van der Waals surface area contributed by atoms with Gasteiger partial charge in [-0.3, -0.25) is 14.5 Å². The molecule has 1 heterocycles. The predicted octanol–water partition coefficient (Wildman–Crippen LogP) is 5.12. The first-order chi connectivity index (χ1) is 15.9. The van der Waals surface area contributed by atoms with Gasteiger partial charge < -0.3 is 14.8 Å². The summed E-state index contributed by atoms with van der Waals surface area (Å²) >= 11 is 7.38. The van der Waals surface area contributed by atoms with E-state index in [9.17, 15) is 9.59 Å². The van der Waals surface area contributed by atoms with Gasteiger partial charge in [-0.25, -0.2) is 4.99 Å². The number of amidine groups is 1. The maximum atomic E-state index is 13.4. The van der Waals surface area contributed by atoms with Crippen LogP contribution in [0.1, 0.15) is 26.2 Å². The van der Waals surface area contributed by atoms with E-state index in [4.69, 9.17) is 26.1 Å². The molecule has 2 fully saturated rings. The molecule has 0 spiro atoms. The van der Waals surface area contributed by atoms with Crippen LogP contribution in [0.5, 0.6) is 11.5 Å². The second-order valence-corrected chi connectivity index (χ2v) is 9.66. The molecule has 2 aromatic rings. The van der Waals surface area contributed by atoms with Crippen LogP contribution in [0, 0.1) is 5.92 Å². The number of rotatable bonds is 8. The van der Waals surface area contributed by atoms with Gasteiger partial charge in [0.1, 0.15) is 22.4 Å². The molecule has 1 N–H and O–H groups in total. The number of hydrogen-bond donors (Lipinski definition) is 1. The van der Waals surface area contributed by atoms with Crippen LogP contribution in [0.4, 0.5) is 11.4 Å². The number of ether oxygens (including phenoxy) is 2. The highest BCUT2D eigenvalue weighted by molar-refractivity contribution is 8.15. The lowest BCUT2D eigenvalue weighted by Gasteiger charge is -2.24. The molecule has 7 nitrogen and oxygen atoms in total. The number of benzene rings is 2. The number of para-hydroxylation sites is 2. The number of nitrogens with zero attached hydrogens (tertiary/aromatic N) is 2. The van der Waals surface area contributed by atoms with E-state index in [1.807, 2.05) is 31.2 Å². The highest BCUT2D eigenvalue weighted by atomic mass is 35.5. The summed E-state index contributed by atoms with van der Waals surface area (Å²) in [5.41, 5.74) is 1.12. The van der Waals surface area contributed by atoms with Gasteiger partial charge in [-0.1, -0.05) is 35.5 Å². The number of hydrogen-bond acceptors (Lipinski definition) is 6. The fourth-order valence-corrected chi connectivity index (χ4v) is 5.23. The van der Waals surface area contributed by atoms with Crippen molar-refractivity contribution >= 4 is 51.7 Å². The minimum Gasteiger partial charge on any atom is -0.495 e. The molecule has 2 aromatic carbocycles. The molecule has 33 heavy (non-hydrogen) atoms. The summed E-state index contributed by atoms with van der Waals surface area (Å²) in [6.45, 7) is 2.05. The molecule has 0 aromatic heterocycles. The Bertz CT molecular complexity index is 1090. The molecule has 1 saturated heterocycles. The number of carbonyl (C=O) groups excluding carboxylic acids is 2. The fourth-order valence-electron chi connectivity index (χ4n) is 3.83. The zero-order valence-corrected chi connectivity index (χ0v) is 20.3. The SMILES string of the molecule is COc1ccccc1N=C1SC(CC(=O)Nc2cc(Cl)ccc2OC)C(=O)N1C(C)C1CC1. The Morgan fingerprint density at radius 1 is 1.21 bits per heavy atom. The first kappa shape index (κ1) is 23.4. The summed E-state index contributed by atoms with van der Waals surface area (Å²) in [7, 11) is 3.11. The molecular weight excluding hydrogens is 462 g/mol. The highest BCUT2D eigenvalue weighted by Crippen LogP contribution is 2.42. The number of halogens is 1. The van der Waals surface area contributed by atoms with Gasteiger partial charge in [0, 0.05) is 17.5 Å². The Hall–Kier alpha value is -2.71. The van der Waals surface area contributed by atoms with E-state index in [0.29, 0.717) is 39.0 Å². The second-order valence-electron chi connectivity index (χ2n) is 8.06. The van der Waals surface area contributed by atoms with E-state index in [1.165, 1.54) is 18.9 Å². The topological polar surface area (TPSA) is 80.2 Å². The lowest BCUT2D eigenvalue weighted by molar-refractivity contribution is -0.129. The molecule has 174 valence electrons. The zero-order chi connectivity index (χ0) is 23.5. The van der Waals surface area contributed by atoms with Crippen molar-refractivity contribution in [1.29, 1.82) is 0 Å². The Labute approximate surface area is 202 Å². The van der Waals surface area contributed by atoms with Gasteiger partial charge in [0.05, 0.1) is 19.9 Å². The minimum atomic E-state index is -0.565. The van der Waals surface area contributed by atoms with E-state index >= 15 is 0 Å². The molecule has 0 radical (unpaired) electrons. The van der Waals surface area contributed by atoms with E-state index < -0.39 is 5.25 Å². The van der Waals surface area contributed by atoms with Crippen LogP contribution in [-0.4, -0.2) is 47.4 Å². The Morgan fingerprint density at radius 2 is 1.94 bits per heavy atom. The molecule has 1 aliphatic carbocycles. The van der Waals surface area contributed by atoms with Crippen molar-refractivity contribution in [3.63, 3.8) is 0 Å². The third-order valence-corrected chi connectivity index (χ3v) is 7.17. The summed E-state index contributed by atoms with van der Waals surface area (Å²) in [5.74, 6) is 1.20. The number of anilines is 1. The fraction of sp³-hybridized carbons (Fsp3) is 0.375. The van der Waals surface area contributed by atoms with Crippen LogP contribution < -0.4 is 14.8 Å². The third kappa shape index (κ3) is 5.28. The molecule has 9 heteroatoms. The first-order valence-electron chi connectivity index (χ1n) is 10.8. The van der Waals surface area contributed by atoms with Crippen LogP contribution in [0.25, 0.3) is 0 Å². The average molecular weight is 488 g/mol. The maximum absolute atomic E-state index is 13.4. The molecule has 2 amide bonds. The summed E-state index contributed by atoms with van der Waals surface area (Å²) < 4.78 is 10.7. The molecule has 0 bridgehead atoms. The molecule has 2 atom stereocenters. The number of aliphatic imine (C=N–C) groups is 1. The van der Waals surface area contributed by atoms with Crippen molar-refractivity contribution in [1.82, 2.24) is 4.90 Å². The van der Waals surface area contributed by atoms with Crippen molar-refractivity contribution in [3.05, 3.63) is 47.5 Å². The molecule has 1 saturated carbocycles. The molecular formula is C24H26ClN3O4S. The number of methoxy groups -OCH3 is 2. The standard InChI is InChI=1S/C24H26ClN3O4S/c1-14(15-8-9-15)28-23(30)21(33-24(28)27-17-6-4-5-7-19(17)31-2)13-22(29)26-18-12-16(25)10-11-20(18)32-3/h4-7,10-12,14-15,21H,8-9,13H2,1-3H3,(H,26,29). The summed E-state index contributed by atoms with van der Waals surface area (Å²) in [5, 5.41) is 3.33. The van der Waals surface area contributed by atoms with Crippen LogP contribution in [-0.2, 0) is 9.59 Å². The van der Waals surface area contributed by atoms with Crippen LogP contribution in [0.3, 0.4) is 0 Å². The summed E-state index contributed by atoms with van der Waals surface area (Å²) in [4.78, 5) is 32.7. The average Bonchev–Trinajstić information content (AvgIpc) is 3.60. The van der Waals surface area contributed by atoms with Crippen molar-refractivity contribution in [2.45, 2.75) is 37.5 Å². The zero-order valence-electron chi connectivity index (χ0n) is 18.7. The lowest BCUT2D eigenvalue weighted by atomic mass is 10.1. The number of nitrogens with one attached hydrogen (secondary N) is 1. The molecule has 2 aliphatic rings. The Morgan fingerprint density at radius 3 is 2.64 bits per heavy atom. The van der Waals surface area contributed by atoms with E-state index in [1.54, 1.807) is 30.2 Å².